The average Bonchev–Trinajstić information content (AvgIpc) is 2.67. The maximum Gasteiger partial charge on any atom is 0.339 e. The normalized spacial score (nSPS) is 14.3. The minimum absolute atomic E-state index is 0.131. The second-order valence-electron chi connectivity index (χ2n) is 5.85. The monoisotopic (exact) mass is 340 g/mol. The summed E-state index contributed by atoms with van der Waals surface area (Å²) in [7, 11) is 1.31. The molecule has 2 aromatic rings. The zero-order chi connectivity index (χ0) is 17.8. The van der Waals surface area contributed by atoms with Crippen molar-refractivity contribution < 1.29 is 14.3 Å². The molecule has 1 amide bonds. The molecule has 0 radical (unpaired) electrons. The Bertz CT molecular complexity index is 768. The van der Waals surface area contributed by atoms with Crippen molar-refractivity contribution in [1.82, 2.24) is 14.9 Å². The molecule has 0 N–H and O–H groups in total. The van der Waals surface area contributed by atoms with E-state index in [4.69, 9.17) is 0 Å². The van der Waals surface area contributed by atoms with Gasteiger partial charge in [0.1, 0.15) is 11.5 Å². The first-order valence-corrected chi connectivity index (χ1v) is 8.10. The fourth-order valence-electron chi connectivity index (χ4n) is 2.85. The van der Waals surface area contributed by atoms with Gasteiger partial charge in [0.25, 0.3) is 5.91 Å². The van der Waals surface area contributed by atoms with Crippen LogP contribution in [-0.4, -0.2) is 60.0 Å². The second-order valence-corrected chi connectivity index (χ2v) is 5.85. The second kappa shape index (κ2) is 7.29. The number of carbonyl (C=O) groups is 2. The zero-order valence-corrected chi connectivity index (χ0v) is 14.3. The predicted octanol–water partition coefficient (Wildman–Crippen LogP) is 1.53. The fraction of sp³-hybridized carbons (Fsp3) is 0.333. The summed E-state index contributed by atoms with van der Waals surface area (Å²) < 4.78 is 4.63. The van der Waals surface area contributed by atoms with Gasteiger partial charge in [-0.05, 0) is 30.7 Å². The summed E-state index contributed by atoms with van der Waals surface area (Å²) in [6.45, 7) is 4.70. The van der Waals surface area contributed by atoms with Crippen LogP contribution in [0.15, 0.2) is 36.7 Å². The third kappa shape index (κ3) is 3.60. The number of aryl methyl sites for hydroxylation is 1. The highest BCUT2D eigenvalue weighted by Gasteiger charge is 2.24. The highest BCUT2D eigenvalue weighted by atomic mass is 16.5. The van der Waals surface area contributed by atoms with Crippen LogP contribution in [0.1, 0.15) is 26.4 Å². The molecule has 7 nitrogen and oxygen atoms in total. The number of ether oxygens (including phenoxy) is 1. The van der Waals surface area contributed by atoms with Gasteiger partial charge in [0.15, 0.2) is 0 Å². The number of piperazine rings is 1. The first-order valence-electron chi connectivity index (χ1n) is 8.10. The lowest BCUT2D eigenvalue weighted by molar-refractivity contribution is 0.0599. The van der Waals surface area contributed by atoms with Gasteiger partial charge in [-0.25, -0.2) is 9.78 Å². The SMILES string of the molecule is COC(=O)c1ccc(C(=O)N2CCN(c3ncccc3C)CC2)nc1. The van der Waals surface area contributed by atoms with Gasteiger partial charge in [0.2, 0.25) is 0 Å². The van der Waals surface area contributed by atoms with Gasteiger partial charge < -0.3 is 14.5 Å². The summed E-state index contributed by atoms with van der Waals surface area (Å²) in [5.74, 6) is 0.370. The van der Waals surface area contributed by atoms with Crippen LogP contribution >= 0.6 is 0 Å². The number of hydrogen-bond donors (Lipinski definition) is 0. The molecule has 1 aliphatic rings. The van der Waals surface area contributed by atoms with Crippen LogP contribution in [0.5, 0.6) is 0 Å². The number of anilines is 1. The molecule has 0 spiro atoms. The molecule has 0 aliphatic carbocycles. The zero-order valence-electron chi connectivity index (χ0n) is 14.3. The van der Waals surface area contributed by atoms with Crippen molar-refractivity contribution in [1.29, 1.82) is 0 Å². The van der Waals surface area contributed by atoms with Gasteiger partial charge >= 0.3 is 5.97 Å². The van der Waals surface area contributed by atoms with Crippen LogP contribution in [0.3, 0.4) is 0 Å². The van der Waals surface area contributed by atoms with Crippen molar-refractivity contribution in [2.24, 2.45) is 0 Å². The topological polar surface area (TPSA) is 75.6 Å². The molecule has 1 aliphatic heterocycles. The molecule has 1 saturated heterocycles. The van der Waals surface area contributed by atoms with Crippen molar-refractivity contribution in [2.45, 2.75) is 6.92 Å². The Hall–Kier alpha value is -2.96. The molecular weight excluding hydrogens is 320 g/mol. The number of carbonyl (C=O) groups excluding carboxylic acids is 2. The van der Waals surface area contributed by atoms with Gasteiger partial charge in [0, 0.05) is 38.6 Å². The van der Waals surface area contributed by atoms with E-state index in [0.717, 1.165) is 24.5 Å². The molecular formula is C18H20N4O3. The van der Waals surface area contributed by atoms with E-state index >= 15 is 0 Å². The largest absolute Gasteiger partial charge is 0.465 e. The van der Waals surface area contributed by atoms with Crippen LogP contribution < -0.4 is 4.90 Å². The summed E-state index contributed by atoms with van der Waals surface area (Å²) in [6.07, 6.45) is 3.15. The lowest BCUT2D eigenvalue weighted by Crippen LogP contribution is -2.49. The number of amides is 1. The van der Waals surface area contributed by atoms with E-state index in [9.17, 15) is 9.59 Å². The van der Waals surface area contributed by atoms with E-state index in [-0.39, 0.29) is 5.91 Å². The lowest BCUT2D eigenvalue weighted by Gasteiger charge is -2.35. The number of hydrogen-bond acceptors (Lipinski definition) is 6. The summed E-state index contributed by atoms with van der Waals surface area (Å²) >= 11 is 0. The molecule has 0 bridgehead atoms. The smallest absolute Gasteiger partial charge is 0.339 e. The molecule has 0 atom stereocenters. The number of aromatic nitrogens is 2. The van der Waals surface area contributed by atoms with Crippen molar-refractivity contribution >= 4 is 17.7 Å². The standard InChI is InChI=1S/C18H20N4O3/c1-13-4-3-7-19-16(13)21-8-10-22(11-9-21)17(23)15-6-5-14(12-20-15)18(24)25-2/h3-7,12H,8-11H2,1-2H3. The summed E-state index contributed by atoms with van der Waals surface area (Å²) in [6, 6.07) is 7.07. The number of esters is 1. The van der Waals surface area contributed by atoms with Crippen LogP contribution in [0, 0.1) is 6.92 Å². The lowest BCUT2D eigenvalue weighted by atomic mass is 10.2. The van der Waals surface area contributed by atoms with E-state index in [2.05, 4.69) is 19.6 Å². The van der Waals surface area contributed by atoms with Crippen LogP contribution in [0.25, 0.3) is 0 Å². The Balaban J connectivity index is 1.63. The van der Waals surface area contributed by atoms with Crippen molar-refractivity contribution in [3.8, 4) is 0 Å². The number of rotatable bonds is 3. The van der Waals surface area contributed by atoms with Crippen molar-refractivity contribution in [3.05, 3.63) is 53.5 Å². The minimum atomic E-state index is -0.467. The molecule has 2 aromatic heterocycles. The number of nitrogens with zero attached hydrogens (tertiary/aromatic N) is 4. The average molecular weight is 340 g/mol. The molecule has 25 heavy (non-hydrogen) atoms. The summed E-state index contributed by atoms with van der Waals surface area (Å²) in [5, 5.41) is 0. The quantitative estimate of drug-likeness (QED) is 0.789. The van der Waals surface area contributed by atoms with Crippen LogP contribution in [0.4, 0.5) is 5.82 Å². The van der Waals surface area contributed by atoms with E-state index in [0.29, 0.717) is 24.3 Å². The molecule has 0 aromatic carbocycles. The molecule has 1 fully saturated rings. The van der Waals surface area contributed by atoms with Gasteiger partial charge in [-0.15, -0.1) is 0 Å². The molecule has 0 saturated carbocycles. The molecule has 3 heterocycles. The Kier molecular flexibility index (Phi) is 4.92. The van der Waals surface area contributed by atoms with Gasteiger partial charge in [0.05, 0.1) is 12.7 Å². The first-order chi connectivity index (χ1) is 12.1. The van der Waals surface area contributed by atoms with Crippen molar-refractivity contribution in [3.63, 3.8) is 0 Å². The van der Waals surface area contributed by atoms with E-state index in [1.54, 1.807) is 23.2 Å². The Labute approximate surface area is 146 Å². The van der Waals surface area contributed by atoms with E-state index in [1.165, 1.54) is 13.3 Å². The number of pyridine rings is 2. The maximum absolute atomic E-state index is 12.6. The van der Waals surface area contributed by atoms with Crippen LogP contribution in [0.2, 0.25) is 0 Å². The minimum Gasteiger partial charge on any atom is -0.465 e. The summed E-state index contributed by atoms with van der Waals surface area (Å²) in [4.78, 5) is 36.5. The Morgan fingerprint density at radius 3 is 2.44 bits per heavy atom. The van der Waals surface area contributed by atoms with E-state index in [1.807, 2.05) is 19.1 Å². The summed E-state index contributed by atoms with van der Waals surface area (Å²) in [5.41, 5.74) is 1.78. The maximum atomic E-state index is 12.6. The van der Waals surface area contributed by atoms with Gasteiger partial charge in [-0.3, -0.25) is 9.78 Å². The highest BCUT2D eigenvalue weighted by Crippen LogP contribution is 2.18. The number of methoxy groups -OCH3 is 1. The molecule has 7 heteroatoms. The van der Waals surface area contributed by atoms with Gasteiger partial charge in [-0.1, -0.05) is 6.07 Å². The predicted molar refractivity (Wildman–Crippen MR) is 92.7 cm³/mol. The van der Waals surface area contributed by atoms with Crippen molar-refractivity contribution in [2.75, 3.05) is 38.2 Å². The third-order valence-corrected chi connectivity index (χ3v) is 4.25. The Morgan fingerprint density at radius 2 is 1.84 bits per heavy atom. The van der Waals surface area contributed by atoms with Gasteiger partial charge in [-0.2, -0.15) is 0 Å². The fourth-order valence-corrected chi connectivity index (χ4v) is 2.85. The third-order valence-electron chi connectivity index (χ3n) is 4.25. The Morgan fingerprint density at radius 1 is 1.08 bits per heavy atom. The first kappa shape index (κ1) is 16.9. The molecule has 3 rings (SSSR count). The van der Waals surface area contributed by atoms with Crippen LogP contribution in [-0.2, 0) is 4.74 Å². The molecule has 130 valence electrons. The molecule has 0 unspecified atom stereocenters. The highest BCUT2D eigenvalue weighted by molar-refractivity contribution is 5.94. The van der Waals surface area contributed by atoms with E-state index < -0.39 is 5.97 Å².